The van der Waals surface area contributed by atoms with Gasteiger partial charge in [-0.25, -0.2) is 9.98 Å². The fourth-order valence-electron chi connectivity index (χ4n) is 4.16. The van der Waals surface area contributed by atoms with Crippen molar-refractivity contribution in [2.45, 2.75) is 52.5 Å². The van der Waals surface area contributed by atoms with Crippen LogP contribution in [-0.4, -0.2) is 61.8 Å². The van der Waals surface area contributed by atoms with Crippen molar-refractivity contribution in [2.75, 3.05) is 45.9 Å². The van der Waals surface area contributed by atoms with Crippen molar-refractivity contribution in [1.82, 2.24) is 20.5 Å². The number of hydrogen-bond donors (Lipinski definition) is 2. The predicted molar refractivity (Wildman–Crippen MR) is 128 cm³/mol. The lowest BCUT2D eigenvalue weighted by Crippen LogP contribution is -2.51. The zero-order valence-electron chi connectivity index (χ0n) is 17.3. The van der Waals surface area contributed by atoms with Crippen LogP contribution >= 0.6 is 35.3 Å². The molecule has 1 aliphatic carbocycles. The molecule has 3 rings (SSSR count). The molecular weight excluding hydrogens is 485 g/mol. The van der Waals surface area contributed by atoms with Crippen molar-refractivity contribution in [2.24, 2.45) is 10.4 Å². The first-order valence-corrected chi connectivity index (χ1v) is 11.2. The number of nitrogens with one attached hydrogen (secondary N) is 2. The average molecular weight is 522 g/mol. The molecule has 2 N–H and O–H groups in total. The van der Waals surface area contributed by atoms with Crippen LogP contribution in [0.25, 0.3) is 0 Å². The first-order chi connectivity index (χ1) is 13.2. The molecule has 0 atom stereocenters. The number of ether oxygens (including phenoxy) is 1. The topological polar surface area (TPSA) is 61.8 Å². The molecule has 8 heteroatoms. The number of thiazole rings is 1. The van der Waals surface area contributed by atoms with Crippen molar-refractivity contribution in [3.8, 4) is 0 Å². The van der Waals surface area contributed by atoms with Gasteiger partial charge < -0.3 is 15.4 Å². The summed E-state index contributed by atoms with van der Waals surface area (Å²) in [6.45, 7) is 11.8. The number of hydrogen-bond acceptors (Lipinski definition) is 5. The van der Waals surface area contributed by atoms with E-state index in [0.29, 0.717) is 12.0 Å². The van der Waals surface area contributed by atoms with E-state index in [0.717, 1.165) is 50.4 Å². The van der Waals surface area contributed by atoms with Crippen molar-refractivity contribution >= 4 is 41.3 Å². The van der Waals surface area contributed by atoms with Crippen LogP contribution in [0, 0.1) is 12.3 Å². The molecular formula is C20H36IN5OS. The molecule has 6 nitrogen and oxygen atoms in total. The molecule has 1 aliphatic heterocycles. The maximum absolute atomic E-state index is 5.54. The van der Waals surface area contributed by atoms with Crippen LogP contribution in [0.4, 0.5) is 0 Å². The molecule has 0 unspecified atom stereocenters. The number of aliphatic imine (C=N–C) groups is 1. The van der Waals surface area contributed by atoms with E-state index in [2.05, 4.69) is 34.4 Å². The molecule has 160 valence electrons. The Hall–Kier alpha value is -0.450. The smallest absolute Gasteiger partial charge is 0.191 e. The minimum Gasteiger partial charge on any atom is -0.379 e. The Morgan fingerprint density at radius 2 is 2.00 bits per heavy atom. The van der Waals surface area contributed by atoms with Gasteiger partial charge in [0.1, 0.15) is 5.01 Å². The van der Waals surface area contributed by atoms with Gasteiger partial charge in [-0.05, 0) is 26.7 Å². The number of aryl methyl sites for hydroxylation is 1. The van der Waals surface area contributed by atoms with Gasteiger partial charge in [-0.2, -0.15) is 0 Å². The Kier molecular flexibility index (Phi) is 10.5. The van der Waals surface area contributed by atoms with Crippen molar-refractivity contribution < 1.29 is 4.74 Å². The van der Waals surface area contributed by atoms with Crippen molar-refractivity contribution in [3.63, 3.8) is 0 Å². The third-order valence-electron chi connectivity index (χ3n) is 5.59. The van der Waals surface area contributed by atoms with Gasteiger partial charge >= 0.3 is 0 Å². The Labute approximate surface area is 190 Å². The molecule has 1 saturated carbocycles. The summed E-state index contributed by atoms with van der Waals surface area (Å²) in [5.41, 5.74) is 0.351. The lowest BCUT2D eigenvalue weighted by atomic mass is 9.73. The van der Waals surface area contributed by atoms with Gasteiger partial charge in [0.05, 0.1) is 19.8 Å². The van der Waals surface area contributed by atoms with Crippen LogP contribution in [-0.2, 0) is 11.3 Å². The normalized spacial score (nSPS) is 20.4. The molecule has 0 bridgehead atoms. The second-order valence-electron chi connectivity index (χ2n) is 7.86. The summed E-state index contributed by atoms with van der Waals surface area (Å²) in [6, 6.07) is 0. The second-order valence-corrected chi connectivity index (χ2v) is 9.18. The van der Waals surface area contributed by atoms with Gasteiger partial charge in [0, 0.05) is 49.2 Å². The Morgan fingerprint density at radius 3 is 2.64 bits per heavy atom. The first-order valence-electron chi connectivity index (χ1n) is 10.4. The summed E-state index contributed by atoms with van der Waals surface area (Å²) in [6.07, 6.45) is 8.61. The van der Waals surface area contributed by atoms with Crippen LogP contribution in [0.3, 0.4) is 0 Å². The van der Waals surface area contributed by atoms with E-state index in [1.807, 2.05) is 6.20 Å². The summed E-state index contributed by atoms with van der Waals surface area (Å²) >= 11 is 1.72. The van der Waals surface area contributed by atoms with Crippen LogP contribution in [0.5, 0.6) is 0 Å². The molecule has 2 fully saturated rings. The van der Waals surface area contributed by atoms with E-state index in [4.69, 9.17) is 9.73 Å². The fraction of sp³-hybridized carbons (Fsp3) is 0.800. The van der Waals surface area contributed by atoms with E-state index >= 15 is 0 Å². The maximum atomic E-state index is 5.54. The number of nitrogens with zero attached hydrogens (tertiary/aromatic N) is 3. The lowest BCUT2D eigenvalue weighted by Gasteiger charge is -2.42. The molecule has 2 aliphatic rings. The van der Waals surface area contributed by atoms with Gasteiger partial charge in [-0.3, -0.25) is 4.90 Å². The highest BCUT2D eigenvalue weighted by molar-refractivity contribution is 14.0. The van der Waals surface area contributed by atoms with Crippen molar-refractivity contribution in [3.05, 3.63) is 16.1 Å². The van der Waals surface area contributed by atoms with E-state index in [-0.39, 0.29) is 24.0 Å². The summed E-state index contributed by atoms with van der Waals surface area (Å²) in [5.74, 6) is 0.914. The second kappa shape index (κ2) is 12.3. The zero-order chi connectivity index (χ0) is 19.0. The monoisotopic (exact) mass is 521 g/mol. The van der Waals surface area contributed by atoms with Crippen molar-refractivity contribution in [1.29, 1.82) is 0 Å². The van der Waals surface area contributed by atoms with E-state index in [1.165, 1.54) is 43.5 Å². The molecule has 2 heterocycles. The molecule has 0 radical (unpaired) electrons. The maximum Gasteiger partial charge on any atom is 0.191 e. The van der Waals surface area contributed by atoms with Crippen LogP contribution in [0.15, 0.2) is 11.2 Å². The first kappa shape index (κ1) is 23.8. The van der Waals surface area contributed by atoms with E-state index < -0.39 is 0 Å². The Bertz CT molecular complexity index is 597. The molecule has 1 saturated heterocycles. The van der Waals surface area contributed by atoms with Gasteiger partial charge in [-0.15, -0.1) is 35.3 Å². The van der Waals surface area contributed by atoms with Crippen LogP contribution in [0.2, 0.25) is 0 Å². The highest BCUT2D eigenvalue weighted by Crippen LogP contribution is 2.36. The van der Waals surface area contributed by atoms with Gasteiger partial charge in [-0.1, -0.05) is 19.3 Å². The third kappa shape index (κ3) is 7.42. The fourth-order valence-corrected chi connectivity index (χ4v) is 4.87. The minimum absolute atomic E-state index is 0. The number of guanidine groups is 1. The standard InChI is InChI=1S/C20H35N5OS.HI/c1-3-21-19(23-14-18-22-13-17(2)27-18)24-15-20(7-5-4-6-8-20)16-25-9-11-26-12-10-25;/h13H,3-12,14-16H2,1-2H3,(H2,21,23,24);1H. The summed E-state index contributed by atoms with van der Waals surface area (Å²) < 4.78 is 5.54. The van der Waals surface area contributed by atoms with Crippen LogP contribution < -0.4 is 10.6 Å². The largest absolute Gasteiger partial charge is 0.379 e. The SMILES string of the molecule is CCNC(=NCc1ncc(C)s1)NCC1(CN2CCOCC2)CCCCC1.I. The number of rotatable bonds is 7. The Morgan fingerprint density at radius 1 is 1.25 bits per heavy atom. The predicted octanol–water partition coefficient (Wildman–Crippen LogP) is 3.41. The summed E-state index contributed by atoms with van der Waals surface area (Å²) in [5, 5.41) is 8.13. The molecule has 0 aromatic carbocycles. The highest BCUT2D eigenvalue weighted by atomic mass is 127. The molecule has 0 spiro atoms. The van der Waals surface area contributed by atoms with E-state index in [9.17, 15) is 0 Å². The molecule has 28 heavy (non-hydrogen) atoms. The number of halogens is 1. The zero-order valence-corrected chi connectivity index (χ0v) is 20.5. The van der Waals surface area contributed by atoms with Gasteiger partial charge in [0.25, 0.3) is 0 Å². The number of morpholine rings is 1. The third-order valence-corrected chi connectivity index (χ3v) is 6.49. The van der Waals surface area contributed by atoms with Gasteiger partial charge in [0.15, 0.2) is 5.96 Å². The highest BCUT2D eigenvalue weighted by Gasteiger charge is 2.34. The molecule has 1 aromatic heterocycles. The number of aromatic nitrogens is 1. The quantitative estimate of drug-likeness (QED) is 0.327. The summed E-state index contributed by atoms with van der Waals surface area (Å²) in [4.78, 5) is 13.0. The molecule has 1 aromatic rings. The average Bonchev–Trinajstić information content (AvgIpc) is 3.11. The molecule has 0 amide bonds. The minimum atomic E-state index is 0. The van der Waals surface area contributed by atoms with Crippen LogP contribution in [0.1, 0.15) is 48.9 Å². The summed E-state index contributed by atoms with van der Waals surface area (Å²) in [7, 11) is 0. The van der Waals surface area contributed by atoms with E-state index in [1.54, 1.807) is 11.3 Å². The Balaban J connectivity index is 0.00000280. The lowest BCUT2D eigenvalue weighted by molar-refractivity contribution is 0.00820. The van der Waals surface area contributed by atoms with Gasteiger partial charge in [0.2, 0.25) is 0 Å².